The van der Waals surface area contributed by atoms with Gasteiger partial charge in [0.25, 0.3) is 5.69 Å². The number of carbonyl (C=O) groups excluding carboxylic acids is 1. The summed E-state index contributed by atoms with van der Waals surface area (Å²) in [6.45, 7) is 4.12. The molecule has 2 aromatic rings. The number of rotatable bonds is 5. The van der Waals surface area contributed by atoms with Gasteiger partial charge in [0.1, 0.15) is 5.69 Å². The molecule has 0 spiro atoms. The second-order valence-electron chi connectivity index (χ2n) is 6.25. The Hall–Kier alpha value is -2.55. The number of anilines is 1. The Morgan fingerprint density at radius 1 is 1.41 bits per heavy atom. The summed E-state index contributed by atoms with van der Waals surface area (Å²) in [5.41, 5.74) is 1.86. The zero-order valence-corrected chi connectivity index (χ0v) is 15.7. The smallest absolute Gasteiger partial charge is 0.293 e. The van der Waals surface area contributed by atoms with Crippen molar-refractivity contribution in [3.8, 4) is 0 Å². The largest absolute Gasteiger partial charge is 0.319 e. The second kappa shape index (κ2) is 9.40. The van der Waals surface area contributed by atoms with Crippen molar-refractivity contribution in [2.45, 2.75) is 13.0 Å². The minimum atomic E-state index is -0.480. The van der Waals surface area contributed by atoms with Gasteiger partial charge in [0.2, 0.25) is 5.91 Å². The zero-order chi connectivity index (χ0) is 18.5. The highest BCUT2D eigenvalue weighted by Gasteiger charge is 2.26. The molecule has 1 aliphatic rings. The number of hydrogen-bond donors (Lipinski definition) is 2. The first-order chi connectivity index (χ1) is 12.6. The third kappa shape index (κ3) is 5.00. The summed E-state index contributed by atoms with van der Waals surface area (Å²) < 4.78 is 0. The normalized spacial score (nSPS) is 17.0. The van der Waals surface area contributed by atoms with E-state index in [2.05, 4.69) is 20.5 Å². The van der Waals surface area contributed by atoms with E-state index in [0.717, 1.165) is 18.7 Å². The van der Waals surface area contributed by atoms with E-state index in [9.17, 15) is 14.9 Å². The number of piperazine rings is 1. The standard InChI is InChI=1S/C18H21N5O3.ClH/c1-13-4-2-6-15(23(25)26)18(13)21-17(24)12-22-9-8-20-11-16(22)14-5-3-7-19-10-14;/h2-7,10,16,20H,8-9,11-12H2,1H3,(H,21,24);1H. The average molecular weight is 392 g/mol. The molecule has 0 radical (unpaired) electrons. The van der Waals surface area contributed by atoms with Crippen molar-refractivity contribution in [1.29, 1.82) is 0 Å². The molecule has 8 nitrogen and oxygen atoms in total. The first kappa shape index (κ1) is 20.8. The summed E-state index contributed by atoms with van der Waals surface area (Å²) in [6.07, 6.45) is 3.52. The number of nitro benzene ring substituents is 1. The molecule has 0 saturated carbocycles. The molecule has 1 saturated heterocycles. The predicted molar refractivity (Wildman–Crippen MR) is 105 cm³/mol. The van der Waals surface area contributed by atoms with Gasteiger partial charge in [-0.05, 0) is 24.1 Å². The predicted octanol–water partition coefficient (Wildman–Crippen LogP) is 2.31. The topological polar surface area (TPSA) is 100 Å². The van der Waals surface area contributed by atoms with Gasteiger partial charge in [0.05, 0.1) is 11.5 Å². The van der Waals surface area contributed by atoms with Gasteiger partial charge in [0, 0.05) is 44.1 Å². The number of pyridine rings is 1. The zero-order valence-electron chi connectivity index (χ0n) is 14.9. The summed E-state index contributed by atoms with van der Waals surface area (Å²) in [7, 11) is 0. The Morgan fingerprint density at radius 3 is 2.93 bits per heavy atom. The lowest BCUT2D eigenvalue weighted by atomic mass is 10.1. The van der Waals surface area contributed by atoms with Gasteiger partial charge in [-0.2, -0.15) is 0 Å². The number of carbonyl (C=O) groups is 1. The van der Waals surface area contributed by atoms with Crippen molar-refractivity contribution in [3.63, 3.8) is 0 Å². The quantitative estimate of drug-likeness (QED) is 0.599. The van der Waals surface area contributed by atoms with Gasteiger partial charge < -0.3 is 10.6 Å². The molecule has 9 heteroatoms. The molecule has 1 atom stereocenters. The summed E-state index contributed by atoms with van der Waals surface area (Å²) >= 11 is 0. The maximum absolute atomic E-state index is 12.6. The Bertz CT molecular complexity index is 803. The summed E-state index contributed by atoms with van der Waals surface area (Å²) in [6, 6.07) is 8.64. The van der Waals surface area contributed by atoms with Crippen LogP contribution in [0.3, 0.4) is 0 Å². The molecule has 3 rings (SSSR count). The number of para-hydroxylation sites is 1. The van der Waals surface area contributed by atoms with E-state index >= 15 is 0 Å². The Morgan fingerprint density at radius 2 is 2.22 bits per heavy atom. The molecule has 2 N–H and O–H groups in total. The molecule has 27 heavy (non-hydrogen) atoms. The minimum Gasteiger partial charge on any atom is -0.319 e. The van der Waals surface area contributed by atoms with Crippen LogP contribution in [-0.4, -0.2) is 46.9 Å². The number of hydrogen-bond acceptors (Lipinski definition) is 6. The minimum absolute atomic E-state index is 0. The van der Waals surface area contributed by atoms with Gasteiger partial charge in [-0.3, -0.25) is 24.8 Å². The van der Waals surface area contributed by atoms with E-state index in [-0.39, 0.29) is 42.3 Å². The van der Waals surface area contributed by atoms with Crippen molar-refractivity contribution >= 4 is 29.7 Å². The Balaban J connectivity index is 0.00000261. The first-order valence-corrected chi connectivity index (χ1v) is 8.45. The lowest BCUT2D eigenvalue weighted by molar-refractivity contribution is -0.384. The van der Waals surface area contributed by atoms with Crippen molar-refractivity contribution < 1.29 is 9.72 Å². The number of aryl methyl sites for hydroxylation is 1. The van der Waals surface area contributed by atoms with Gasteiger partial charge in [-0.1, -0.05) is 18.2 Å². The molecular formula is C18H22ClN5O3. The van der Waals surface area contributed by atoms with E-state index < -0.39 is 4.92 Å². The fourth-order valence-electron chi connectivity index (χ4n) is 3.17. The van der Waals surface area contributed by atoms with Crippen molar-refractivity contribution in [3.05, 3.63) is 64.0 Å². The molecule has 1 aliphatic heterocycles. The van der Waals surface area contributed by atoms with E-state index in [4.69, 9.17) is 0 Å². The summed E-state index contributed by atoms with van der Waals surface area (Å²) in [5.74, 6) is -0.266. The molecular weight excluding hydrogens is 370 g/mol. The second-order valence-corrected chi connectivity index (χ2v) is 6.25. The van der Waals surface area contributed by atoms with Crippen LogP contribution < -0.4 is 10.6 Å². The number of nitro groups is 1. The van der Waals surface area contributed by atoms with Crippen LogP contribution in [0.25, 0.3) is 0 Å². The number of halogens is 1. The third-order valence-electron chi connectivity index (χ3n) is 4.48. The van der Waals surface area contributed by atoms with E-state index in [1.807, 2.05) is 12.1 Å². The van der Waals surface area contributed by atoms with Crippen LogP contribution in [0.4, 0.5) is 11.4 Å². The number of aromatic nitrogens is 1. The Kier molecular flexibility index (Phi) is 7.23. The molecule has 1 fully saturated rings. The van der Waals surface area contributed by atoms with Crippen LogP contribution in [0.1, 0.15) is 17.2 Å². The fraction of sp³-hybridized carbons (Fsp3) is 0.333. The van der Waals surface area contributed by atoms with Crippen molar-refractivity contribution in [1.82, 2.24) is 15.2 Å². The van der Waals surface area contributed by atoms with Crippen molar-refractivity contribution in [2.75, 3.05) is 31.5 Å². The molecule has 144 valence electrons. The molecule has 0 bridgehead atoms. The van der Waals surface area contributed by atoms with Crippen LogP contribution in [0.5, 0.6) is 0 Å². The van der Waals surface area contributed by atoms with Crippen LogP contribution >= 0.6 is 12.4 Å². The summed E-state index contributed by atoms with van der Waals surface area (Å²) in [5, 5.41) is 17.3. The lowest BCUT2D eigenvalue weighted by Crippen LogP contribution is -2.48. The van der Waals surface area contributed by atoms with Crippen LogP contribution in [-0.2, 0) is 4.79 Å². The monoisotopic (exact) mass is 391 g/mol. The SMILES string of the molecule is Cc1cccc([N+](=O)[O-])c1NC(=O)CN1CCNCC1c1cccnc1.Cl. The molecule has 1 aromatic heterocycles. The van der Waals surface area contributed by atoms with Gasteiger partial charge in [0.15, 0.2) is 0 Å². The van der Waals surface area contributed by atoms with E-state index in [1.165, 1.54) is 6.07 Å². The van der Waals surface area contributed by atoms with Crippen LogP contribution in [0.15, 0.2) is 42.7 Å². The number of nitrogens with zero attached hydrogens (tertiary/aromatic N) is 3. The highest BCUT2D eigenvalue weighted by Crippen LogP contribution is 2.28. The maximum atomic E-state index is 12.6. The van der Waals surface area contributed by atoms with Crippen molar-refractivity contribution in [2.24, 2.45) is 0 Å². The maximum Gasteiger partial charge on any atom is 0.293 e. The molecule has 1 aromatic carbocycles. The molecule has 0 aliphatic carbocycles. The van der Waals surface area contributed by atoms with Gasteiger partial charge >= 0.3 is 0 Å². The Labute approximate surface area is 163 Å². The highest BCUT2D eigenvalue weighted by molar-refractivity contribution is 5.95. The first-order valence-electron chi connectivity index (χ1n) is 8.45. The van der Waals surface area contributed by atoms with E-state index in [1.54, 1.807) is 31.5 Å². The van der Waals surface area contributed by atoms with Crippen LogP contribution in [0.2, 0.25) is 0 Å². The van der Waals surface area contributed by atoms with Gasteiger partial charge in [-0.25, -0.2) is 0 Å². The highest BCUT2D eigenvalue weighted by atomic mass is 35.5. The lowest BCUT2D eigenvalue weighted by Gasteiger charge is -2.35. The van der Waals surface area contributed by atoms with E-state index in [0.29, 0.717) is 12.1 Å². The average Bonchev–Trinajstić information content (AvgIpc) is 2.64. The number of nitrogens with one attached hydrogen (secondary N) is 2. The van der Waals surface area contributed by atoms with Crippen LogP contribution in [0, 0.1) is 17.0 Å². The number of benzene rings is 1. The fourth-order valence-corrected chi connectivity index (χ4v) is 3.17. The molecule has 1 amide bonds. The molecule has 1 unspecified atom stereocenters. The number of amides is 1. The third-order valence-corrected chi connectivity index (χ3v) is 4.48. The van der Waals surface area contributed by atoms with Gasteiger partial charge in [-0.15, -0.1) is 12.4 Å². The summed E-state index contributed by atoms with van der Waals surface area (Å²) in [4.78, 5) is 29.5. The molecule has 2 heterocycles.